The lowest BCUT2D eigenvalue weighted by molar-refractivity contribution is -0.274. The predicted molar refractivity (Wildman–Crippen MR) is 113 cm³/mol. The SMILES string of the molecule is CC(C)(C)OC(=O)N1CCC(C2=NC(COc3ccc(OC(F)(F)F)cc3)=CS2=O)CC1. The number of amides is 1. The Morgan fingerprint density at radius 3 is 2.28 bits per heavy atom. The number of benzene rings is 1. The second-order valence-electron chi connectivity index (χ2n) is 8.41. The molecule has 2 aliphatic rings. The summed E-state index contributed by atoms with van der Waals surface area (Å²) in [6.07, 6.45) is -3.85. The second-order valence-corrected chi connectivity index (χ2v) is 9.65. The summed E-state index contributed by atoms with van der Waals surface area (Å²) < 4.78 is 63.9. The van der Waals surface area contributed by atoms with Gasteiger partial charge in [0.05, 0.1) is 16.5 Å². The first-order valence-electron chi connectivity index (χ1n) is 10.1. The van der Waals surface area contributed by atoms with E-state index in [0.29, 0.717) is 42.4 Å². The number of hydrogen-bond acceptors (Lipinski definition) is 6. The van der Waals surface area contributed by atoms with E-state index in [9.17, 15) is 22.2 Å². The van der Waals surface area contributed by atoms with Crippen LogP contribution >= 0.6 is 0 Å². The first-order chi connectivity index (χ1) is 14.9. The summed E-state index contributed by atoms with van der Waals surface area (Å²) in [7, 11) is -1.37. The van der Waals surface area contributed by atoms with Gasteiger partial charge in [-0.1, -0.05) is 0 Å². The number of piperidine rings is 1. The Morgan fingerprint density at radius 2 is 1.72 bits per heavy atom. The molecule has 1 aromatic rings. The normalized spacial score (nSPS) is 19.9. The molecular weight excluding hydrogens is 449 g/mol. The highest BCUT2D eigenvalue weighted by atomic mass is 32.2. The largest absolute Gasteiger partial charge is 0.573 e. The average Bonchev–Trinajstić information content (AvgIpc) is 3.06. The molecule has 0 bridgehead atoms. The molecule has 0 aliphatic carbocycles. The van der Waals surface area contributed by atoms with E-state index in [1.165, 1.54) is 17.5 Å². The van der Waals surface area contributed by atoms with Crippen LogP contribution < -0.4 is 9.47 Å². The number of carbonyl (C=O) groups is 1. The Hall–Kier alpha value is -2.56. The molecule has 3 rings (SSSR count). The summed E-state index contributed by atoms with van der Waals surface area (Å²) in [4.78, 5) is 18.3. The Balaban J connectivity index is 1.50. The third-order valence-corrected chi connectivity index (χ3v) is 5.97. The number of alkyl halides is 3. The predicted octanol–water partition coefficient (Wildman–Crippen LogP) is 4.61. The van der Waals surface area contributed by atoms with E-state index in [1.807, 2.05) is 20.8 Å². The fraction of sp³-hybridized carbons (Fsp3) is 0.524. The zero-order valence-electron chi connectivity index (χ0n) is 18.0. The van der Waals surface area contributed by atoms with Gasteiger partial charge in [0.1, 0.15) is 28.8 Å². The topological polar surface area (TPSA) is 77.4 Å². The van der Waals surface area contributed by atoms with Gasteiger partial charge in [-0.05, 0) is 57.9 Å². The lowest BCUT2D eigenvalue weighted by atomic mass is 9.98. The molecule has 1 fully saturated rings. The van der Waals surface area contributed by atoms with Crippen molar-refractivity contribution in [1.82, 2.24) is 4.90 Å². The van der Waals surface area contributed by atoms with Crippen molar-refractivity contribution < 1.29 is 36.4 Å². The summed E-state index contributed by atoms with van der Waals surface area (Å²) in [5.74, 6) is -0.0216. The van der Waals surface area contributed by atoms with Gasteiger partial charge >= 0.3 is 12.5 Å². The molecule has 11 heteroatoms. The van der Waals surface area contributed by atoms with E-state index in [0.717, 1.165) is 12.1 Å². The van der Waals surface area contributed by atoms with Crippen LogP contribution in [0, 0.1) is 5.92 Å². The summed E-state index contributed by atoms with van der Waals surface area (Å²) >= 11 is 0. The van der Waals surface area contributed by atoms with E-state index < -0.39 is 22.8 Å². The highest BCUT2D eigenvalue weighted by Crippen LogP contribution is 2.28. The number of ether oxygens (including phenoxy) is 3. The monoisotopic (exact) mass is 474 g/mol. The zero-order chi connectivity index (χ0) is 23.5. The van der Waals surface area contributed by atoms with Crippen molar-refractivity contribution in [3.63, 3.8) is 0 Å². The van der Waals surface area contributed by atoms with E-state index in [2.05, 4.69) is 9.73 Å². The molecule has 176 valence electrons. The third kappa shape index (κ3) is 6.98. The van der Waals surface area contributed by atoms with Gasteiger partial charge in [0.15, 0.2) is 0 Å². The van der Waals surface area contributed by atoms with Crippen molar-refractivity contribution in [3.8, 4) is 11.5 Å². The number of likely N-dealkylation sites (tertiary alicyclic amines) is 1. The minimum atomic E-state index is -4.75. The summed E-state index contributed by atoms with van der Waals surface area (Å²) in [6.45, 7) is 6.46. The van der Waals surface area contributed by atoms with Crippen LogP contribution in [0.1, 0.15) is 33.6 Å². The molecule has 2 aliphatic heterocycles. The molecule has 1 saturated heterocycles. The molecule has 1 atom stereocenters. The van der Waals surface area contributed by atoms with Gasteiger partial charge < -0.3 is 19.1 Å². The fourth-order valence-electron chi connectivity index (χ4n) is 3.25. The molecule has 0 aromatic heterocycles. The van der Waals surface area contributed by atoms with Crippen LogP contribution in [0.5, 0.6) is 11.5 Å². The van der Waals surface area contributed by atoms with Crippen LogP contribution in [-0.4, -0.2) is 51.9 Å². The van der Waals surface area contributed by atoms with Crippen molar-refractivity contribution in [2.45, 2.75) is 45.6 Å². The highest BCUT2D eigenvalue weighted by molar-refractivity contribution is 8.03. The summed E-state index contributed by atoms with van der Waals surface area (Å²) in [5, 5.41) is 2.07. The Morgan fingerprint density at radius 1 is 1.12 bits per heavy atom. The van der Waals surface area contributed by atoms with Crippen LogP contribution in [-0.2, 0) is 15.5 Å². The first kappa shape index (κ1) is 24.1. The maximum absolute atomic E-state index is 12.5. The van der Waals surface area contributed by atoms with Crippen molar-refractivity contribution in [2.75, 3.05) is 19.7 Å². The maximum Gasteiger partial charge on any atom is 0.573 e. The molecule has 0 N–H and O–H groups in total. The Bertz CT molecular complexity index is 915. The number of halogens is 3. The molecule has 0 saturated carbocycles. The molecule has 0 radical (unpaired) electrons. The van der Waals surface area contributed by atoms with Crippen LogP contribution in [0.25, 0.3) is 0 Å². The second kappa shape index (κ2) is 9.51. The standard InChI is InChI=1S/C21H25F3N2O5S/c1-20(2,3)31-19(27)26-10-8-14(9-11-26)18-25-15(13-32(18)28)12-29-16-4-6-17(7-5-16)30-21(22,23)24/h4-7,13-14H,8-12H2,1-3H3. The van der Waals surface area contributed by atoms with E-state index >= 15 is 0 Å². The van der Waals surface area contributed by atoms with Gasteiger partial charge in [0.2, 0.25) is 0 Å². The number of carbonyl (C=O) groups excluding carboxylic acids is 1. The molecular formula is C21H25F3N2O5S. The summed E-state index contributed by atoms with van der Waals surface area (Å²) in [6, 6.07) is 5.00. The zero-order valence-corrected chi connectivity index (χ0v) is 18.8. The minimum absolute atomic E-state index is 0.0120. The van der Waals surface area contributed by atoms with Crippen LogP contribution in [0.2, 0.25) is 0 Å². The van der Waals surface area contributed by atoms with Crippen LogP contribution in [0.3, 0.4) is 0 Å². The van der Waals surface area contributed by atoms with Crippen molar-refractivity contribution in [2.24, 2.45) is 10.9 Å². The number of nitrogens with zero attached hydrogens (tertiary/aromatic N) is 2. The average molecular weight is 475 g/mol. The molecule has 32 heavy (non-hydrogen) atoms. The van der Waals surface area contributed by atoms with Gasteiger partial charge in [0.25, 0.3) is 0 Å². The van der Waals surface area contributed by atoms with Gasteiger partial charge in [-0.2, -0.15) is 0 Å². The van der Waals surface area contributed by atoms with Gasteiger partial charge in [-0.25, -0.2) is 14.0 Å². The van der Waals surface area contributed by atoms with Gasteiger partial charge in [-0.15, -0.1) is 13.2 Å². The van der Waals surface area contributed by atoms with E-state index in [1.54, 1.807) is 4.90 Å². The molecule has 7 nitrogen and oxygen atoms in total. The number of aliphatic imine (C=N–C) groups is 1. The van der Waals surface area contributed by atoms with Crippen LogP contribution in [0.15, 0.2) is 40.4 Å². The molecule has 1 amide bonds. The van der Waals surface area contributed by atoms with Gasteiger partial charge in [-0.3, -0.25) is 0 Å². The maximum atomic E-state index is 12.5. The lowest BCUT2D eigenvalue weighted by Crippen LogP contribution is -2.43. The quantitative estimate of drug-likeness (QED) is 0.623. The Kier molecular flexibility index (Phi) is 7.16. The van der Waals surface area contributed by atoms with Crippen molar-refractivity contribution >= 4 is 21.9 Å². The van der Waals surface area contributed by atoms with Crippen molar-refractivity contribution in [3.05, 3.63) is 35.4 Å². The first-order valence-corrected chi connectivity index (χ1v) is 11.3. The van der Waals surface area contributed by atoms with Gasteiger partial charge in [0, 0.05) is 24.4 Å². The number of rotatable bonds is 5. The smallest absolute Gasteiger partial charge is 0.487 e. The lowest BCUT2D eigenvalue weighted by Gasteiger charge is -2.33. The molecule has 2 heterocycles. The van der Waals surface area contributed by atoms with E-state index in [4.69, 9.17) is 9.47 Å². The molecule has 1 aromatic carbocycles. The third-order valence-electron chi connectivity index (χ3n) is 4.64. The Labute approximate surface area is 186 Å². The van der Waals surface area contributed by atoms with Crippen LogP contribution in [0.4, 0.5) is 18.0 Å². The summed E-state index contributed by atoms with van der Waals surface area (Å²) in [5.41, 5.74) is -0.0707. The minimum Gasteiger partial charge on any atom is -0.487 e. The van der Waals surface area contributed by atoms with Crippen molar-refractivity contribution in [1.29, 1.82) is 0 Å². The molecule has 0 spiro atoms. The molecule has 1 unspecified atom stereocenters. The number of hydrogen-bond donors (Lipinski definition) is 0. The van der Waals surface area contributed by atoms with E-state index in [-0.39, 0.29) is 24.4 Å². The fourth-order valence-corrected chi connectivity index (χ4v) is 4.51. The highest BCUT2D eigenvalue weighted by Gasteiger charge is 2.33.